The van der Waals surface area contributed by atoms with Crippen LogP contribution in [0.25, 0.3) is 10.8 Å². The van der Waals surface area contributed by atoms with Gasteiger partial charge in [-0.25, -0.2) is 0 Å². The lowest BCUT2D eigenvalue weighted by Crippen LogP contribution is -2.13. The minimum Gasteiger partial charge on any atom is -0.309 e. The van der Waals surface area contributed by atoms with Crippen LogP contribution in [0.2, 0.25) is 0 Å². The number of hydrogen-bond donors (Lipinski definition) is 1. The molecule has 2 heteroatoms. The zero-order chi connectivity index (χ0) is 14.7. The first-order chi connectivity index (χ1) is 10.2. The van der Waals surface area contributed by atoms with Crippen molar-refractivity contribution in [1.29, 1.82) is 0 Å². The van der Waals surface area contributed by atoms with E-state index in [4.69, 9.17) is 0 Å². The van der Waals surface area contributed by atoms with E-state index in [0.717, 1.165) is 13.1 Å². The number of hydrogen-bond acceptors (Lipinski definition) is 1. The normalized spacial score (nSPS) is 11.0. The standard InChI is InChI=1S/C19H18BrN/c1-14-9-10-15(11-19(14)20)12-21-13-17-7-4-6-16-5-2-3-8-18(16)17/h2-11,21H,12-13H2,1H3. The first-order valence-electron chi connectivity index (χ1n) is 7.16. The van der Waals surface area contributed by atoms with E-state index in [0.29, 0.717) is 0 Å². The van der Waals surface area contributed by atoms with Crippen LogP contribution < -0.4 is 5.32 Å². The third kappa shape index (κ3) is 3.34. The summed E-state index contributed by atoms with van der Waals surface area (Å²) in [5.74, 6) is 0. The van der Waals surface area contributed by atoms with Crippen molar-refractivity contribution in [2.75, 3.05) is 0 Å². The molecule has 0 aromatic heterocycles. The van der Waals surface area contributed by atoms with Gasteiger partial charge in [0.15, 0.2) is 0 Å². The summed E-state index contributed by atoms with van der Waals surface area (Å²) in [5, 5.41) is 6.17. The summed E-state index contributed by atoms with van der Waals surface area (Å²) in [6, 6.07) is 21.5. The molecule has 21 heavy (non-hydrogen) atoms. The van der Waals surface area contributed by atoms with Gasteiger partial charge in [0.05, 0.1) is 0 Å². The van der Waals surface area contributed by atoms with Crippen molar-refractivity contribution in [3.05, 3.63) is 81.8 Å². The maximum atomic E-state index is 3.59. The Hall–Kier alpha value is -1.64. The lowest BCUT2D eigenvalue weighted by Gasteiger charge is -2.09. The molecule has 1 N–H and O–H groups in total. The summed E-state index contributed by atoms with van der Waals surface area (Å²) >= 11 is 3.59. The number of nitrogens with one attached hydrogen (secondary N) is 1. The van der Waals surface area contributed by atoms with Crippen molar-refractivity contribution in [3.8, 4) is 0 Å². The van der Waals surface area contributed by atoms with E-state index in [1.54, 1.807) is 0 Å². The predicted molar refractivity (Wildman–Crippen MR) is 93.4 cm³/mol. The molecule has 0 aliphatic heterocycles. The fourth-order valence-corrected chi connectivity index (χ4v) is 2.96. The first kappa shape index (κ1) is 14.3. The third-order valence-corrected chi connectivity index (χ3v) is 4.62. The molecule has 1 nitrogen and oxygen atoms in total. The molecule has 106 valence electrons. The van der Waals surface area contributed by atoms with E-state index >= 15 is 0 Å². The number of fused-ring (bicyclic) bond motifs is 1. The number of halogens is 1. The fraction of sp³-hybridized carbons (Fsp3) is 0.158. The minimum absolute atomic E-state index is 0.877. The van der Waals surface area contributed by atoms with Gasteiger partial charge < -0.3 is 5.32 Å². The smallest absolute Gasteiger partial charge is 0.0214 e. The molecule has 0 aliphatic rings. The Labute approximate surface area is 134 Å². The molecule has 0 atom stereocenters. The molecule has 0 spiro atoms. The molecule has 0 amide bonds. The van der Waals surface area contributed by atoms with Crippen LogP contribution in [-0.2, 0) is 13.1 Å². The molecule has 0 heterocycles. The second-order valence-corrected chi connectivity index (χ2v) is 6.18. The second-order valence-electron chi connectivity index (χ2n) is 5.33. The lowest BCUT2D eigenvalue weighted by atomic mass is 10.0. The molecule has 0 radical (unpaired) electrons. The van der Waals surface area contributed by atoms with Gasteiger partial charge in [0, 0.05) is 17.6 Å². The fourth-order valence-electron chi connectivity index (χ4n) is 2.53. The summed E-state index contributed by atoms with van der Waals surface area (Å²) in [7, 11) is 0. The average molecular weight is 340 g/mol. The van der Waals surface area contributed by atoms with Crippen LogP contribution in [0.3, 0.4) is 0 Å². The first-order valence-corrected chi connectivity index (χ1v) is 7.96. The molecule has 0 fully saturated rings. The minimum atomic E-state index is 0.877. The van der Waals surface area contributed by atoms with Crippen molar-refractivity contribution in [2.24, 2.45) is 0 Å². The van der Waals surface area contributed by atoms with E-state index in [9.17, 15) is 0 Å². The van der Waals surface area contributed by atoms with Crippen LogP contribution in [0.1, 0.15) is 16.7 Å². The van der Waals surface area contributed by atoms with Crippen molar-refractivity contribution < 1.29 is 0 Å². The molecular weight excluding hydrogens is 322 g/mol. The Morgan fingerprint density at radius 2 is 1.71 bits per heavy atom. The van der Waals surface area contributed by atoms with E-state index in [-0.39, 0.29) is 0 Å². The topological polar surface area (TPSA) is 12.0 Å². The highest BCUT2D eigenvalue weighted by molar-refractivity contribution is 9.10. The van der Waals surface area contributed by atoms with Gasteiger partial charge in [0.2, 0.25) is 0 Å². The molecule has 0 unspecified atom stereocenters. The lowest BCUT2D eigenvalue weighted by molar-refractivity contribution is 0.696. The number of benzene rings is 3. The van der Waals surface area contributed by atoms with Crippen LogP contribution >= 0.6 is 15.9 Å². The molecular formula is C19H18BrN. The third-order valence-electron chi connectivity index (χ3n) is 3.76. The molecule has 3 aromatic rings. The van der Waals surface area contributed by atoms with Crippen molar-refractivity contribution in [2.45, 2.75) is 20.0 Å². The second kappa shape index (κ2) is 6.42. The molecule has 3 aromatic carbocycles. The van der Waals surface area contributed by atoms with Gasteiger partial charge in [-0.15, -0.1) is 0 Å². The van der Waals surface area contributed by atoms with Gasteiger partial charge in [0.25, 0.3) is 0 Å². The van der Waals surface area contributed by atoms with Gasteiger partial charge in [-0.1, -0.05) is 70.5 Å². The largest absolute Gasteiger partial charge is 0.309 e. The van der Waals surface area contributed by atoms with Crippen molar-refractivity contribution in [3.63, 3.8) is 0 Å². The predicted octanol–water partition coefficient (Wildman–Crippen LogP) is 5.20. The quantitative estimate of drug-likeness (QED) is 0.688. The van der Waals surface area contributed by atoms with Crippen LogP contribution in [0, 0.1) is 6.92 Å². The Morgan fingerprint density at radius 1 is 0.905 bits per heavy atom. The SMILES string of the molecule is Cc1ccc(CNCc2cccc3ccccc23)cc1Br. The average Bonchev–Trinajstić information content (AvgIpc) is 2.51. The summed E-state index contributed by atoms with van der Waals surface area (Å²) in [5.41, 5.74) is 3.92. The summed E-state index contributed by atoms with van der Waals surface area (Å²) in [4.78, 5) is 0. The van der Waals surface area contributed by atoms with Gasteiger partial charge in [-0.05, 0) is 40.5 Å². The van der Waals surface area contributed by atoms with Gasteiger partial charge >= 0.3 is 0 Å². The van der Waals surface area contributed by atoms with Crippen molar-refractivity contribution >= 4 is 26.7 Å². The molecule has 0 aliphatic carbocycles. The maximum Gasteiger partial charge on any atom is 0.0214 e. The van der Waals surface area contributed by atoms with Crippen LogP contribution in [0.4, 0.5) is 0 Å². The van der Waals surface area contributed by atoms with E-state index in [1.807, 2.05) is 0 Å². The summed E-state index contributed by atoms with van der Waals surface area (Å²) < 4.78 is 1.17. The Bertz CT molecular complexity index is 759. The highest BCUT2D eigenvalue weighted by Crippen LogP contribution is 2.19. The highest BCUT2D eigenvalue weighted by atomic mass is 79.9. The van der Waals surface area contributed by atoms with Crippen LogP contribution in [0.15, 0.2) is 65.1 Å². The Balaban J connectivity index is 1.70. The molecule has 0 saturated carbocycles. The van der Waals surface area contributed by atoms with Gasteiger partial charge in [-0.2, -0.15) is 0 Å². The monoisotopic (exact) mass is 339 g/mol. The molecule has 0 saturated heterocycles. The highest BCUT2D eigenvalue weighted by Gasteiger charge is 2.01. The number of aryl methyl sites for hydroxylation is 1. The van der Waals surface area contributed by atoms with Crippen LogP contribution in [-0.4, -0.2) is 0 Å². The molecule has 3 rings (SSSR count). The molecule has 0 bridgehead atoms. The summed E-state index contributed by atoms with van der Waals surface area (Å²) in [6.45, 7) is 3.87. The van der Waals surface area contributed by atoms with Gasteiger partial charge in [-0.3, -0.25) is 0 Å². The summed E-state index contributed by atoms with van der Waals surface area (Å²) in [6.07, 6.45) is 0. The Kier molecular flexibility index (Phi) is 4.37. The zero-order valence-corrected chi connectivity index (χ0v) is 13.7. The van der Waals surface area contributed by atoms with Crippen LogP contribution in [0.5, 0.6) is 0 Å². The Morgan fingerprint density at radius 3 is 2.57 bits per heavy atom. The van der Waals surface area contributed by atoms with Gasteiger partial charge in [0.1, 0.15) is 0 Å². The van der Waals surface area contributed by atoms with E-state index in [2.05, 4.69) is 88.8 Å². The van der Waals surface area contributed by atoms with E-state index < -0.39 is 0 Å². The maximum absolute atomic E-state index is 3.59. The zero-order valence-electron chi connectivity index (χ0n) is 12.1. The van der Waals surface area contributed by atoms with E-state index in [1.165, 1.54) is 31.9 Å². The van der Waals surface area contributed by atoms with Crippen molar-refractivity contribution in [1.82, 2.24) is 5.32 Å². The number of rotatable bonds is 4.